The maximum Gasteiger partial charge on any atom is 0.321 e. The van der Waals surface area contributed by atoms with Gasteiger partial charge in [-0.3, -0.25) is 4.79 Å². The van der Waals surface area contributed by atoms with Crippen molar-refractivity contribution in [2.45, 2.75) is 26.4 Å². The predicted octanol–water partition coefficient (Wildman–Crippen LogP) is 4.07. The summed E-state index contributed by atoms with van der Waals surface area (Å²) in [5.74, 6) is 0.142. The minimum Gasteiger partial charge on any atom is -0.493 e. The Hall–Kier alpha value is -3.02. The number of urea groups is 1. The Morgan fingerprint density at radius 3 is 2.64 bits per heavy atom. The van der Waals surface area contributed by atoms with Crippen molar-refractivity contribution in [1.82, 2.24) is 4.90 Å². The lowest BCUT2D eigenvalue weighted by molar-refractivity contribution is -0.151. The molecule has 1 N–H and O–H groups in total. The molecule has 1 saturated heterocycles. The average molecular weight is 382 g/mol. The van der Waals surface area contributed by atoms with Gasteiger partial charge in [0, 0.05) is 24.3 Å². The van der Waals surface area contributed by atoms with Gasteiger partial charge in [-0.15, -0.1) is 0 Å². The van der Waals surface area contributed by atoms with Gasteiger partial charge in [-0.25, -0.2) is 4.79 Å². The van der Waals surface area contributed by atoms with E-state index in [0.29, 0.717) is 19.7 Å². The fourth-order valence-electron chi connectivity index (χ4n) is 3.26. The molecule has 1 aliphatic rings. The first-order valence-electron chi connectivity index (χ1n) is 9.65. The Morgan fingerprint density at radius 2 is 1.86 bits per heavy atom. The van der Waals surface area contributed by atoms with E-state index in [-0.39, 0.29) is 24.5 Å². The van der Waals surface area contributed by atoms with Gasteiger partial charge in [0.2, 0.25) is 0 Å². The van der Waals surface area contributed by atoms with Crippen LogP contribution < -0.4 is 10.1 Å². The highest BCUT2D eigenvalue weighted by atomic mass is 16.5. The van der Waals surface area contributed by atoms with E-state index in [9.17, 15) is 9.59 Å². The summed E-state index contributed by atoms with van der Waals surface area (Å²) in [5.41, 5.74) is 1.58. The van der Waals surface area contributed by atoms with Crippen LogP contribution in [0.2, 0.25) is 0 Å². The highest BCUT2D eigenvalue weighted by Gasteiger charge is 2.29. The van der Waals surface area contributed by atoms with Crippen LogP contribution >= 0.6 is 0 Å². The first-order valence-corrected chi connectivity index (χ1v) is 9.65. The monoisotopic (exact) mass is 382 g/mol. The highest BCUT2D eigenvalue weighted by molar-refractivity contribution is 5.89. The van der Waals surface area contributed by atoms with Crippen LogP contribution in [0, 0.1) is 5.92 Å². The summed E-state index contributed by atoms with van der Waals surface area (Å²) in [6, 6.07) is 16.6. The second kappa shape index (κ2) is 9.78. The minimum atomic E-state index is -0.311. The van der Waals surface area contributed by atoms with Crippen molar-refractivity contribution in [2.24, 2.45) is 5.92 Å². The summed E-state index contributed by atoms with van der Waals surface area (Å²) in [6.07, 6.45) is 1.50. The Kier molecular flexibility index (Phi) is 6.89. The molecule has 2 aromatic rings. The first-order chi connectivity index (χ1) is 13.7. The SMILES string of the molecule is CCOc1ccccc1COC(=O)C1CCCN(C(=O)Nc2ccccc2)C1. The largest absolute Gasteiger partial charge is 0.493 e. The van der Waals surface area contributed by atoms with Gasteiger partial charge < -0.3 is 19.7 Å². The molecule has 0 bridgehead atoms. The average Bonchev–Trinajstić information content (AvgIpc) is 2.74. The van der Waals surface area contributed by atoms with E-state index in [0.717, 1.165) is 29.8 Å². The third-order valence-electron chi connectivity index (χ3n) is 4.71. The quantitative estimate of drug-likeness (QED) is 0.765. The van der Waals surface area contributed by atoms with Crippen LogP contribution in [0.5, 0.6) is 5.75 Å². The van der Waals surface area contributed by atoms with Crippen molar-refractivity contribution in [3.63, 3.8) is 0 Å². The minimum absolute atomic E-state index is 0.168. The van der Waals surface area contributed by atoms with Crippen LogP contribution in [-0.4, -0.2) is 36.6 Å². The number of esters is 1. The molecule has 148 valence electrons. The first kappa shape index (κ1) is 19.7. The number of carbonyl (C=O) groups is 2. The molecular formula is C22H26N2O4. The van der Waals surface area contributed by atoms with Gasteiger partial charge in [0.1, 0.15) is 12.4 Å². The summed E-state index contributed by atoms with van der Waals surface area (Å²) >= 11 is 0. The standard InChI is InChI=1S/C22H26N2O4/c1-2-27-20-13-7-6-9-18(20)16-28-21(25)17-10-8-14-24(15-17)22(26)23-19-11-4-3-5-12-19/h3-7,9,11-13,17H,2,8,10,14-16H2,1H3,(H,23,26). The van der Waals surface area contributed by atoms with Gasteiger partial charge in [-0.2, -0.15) is 0 Å². The van der Waals surface area contributed by atoms with Gasteiger partial charge >= 0.3 is 12.0 Å². The zero-order chi connectivity index (χ0) is 19.8. The fourth-order valence-corrected chi connectivity index (χ4v) is 3.26. The smallest absolute Gasteiger partial charge is 0.321 e. The summed E-state index contributed by atoms with van der Waals surface area (Å²) in [4.78, 5) is 26.7. The number of hydrogen-bond donors (Lipinski definition) is 1. The summed E-state index contributed by atoms with van der Waals surface area (Å²) < 4.78 is 11.1. The van der Waals surface area contributed by atoms with E-state index in [4.69, 9.17) is 9.47 Å². The Bertz CT molecular complexity index is 794. The van der Waals surface area contributed by atoms with Crippen molar-refractivity contribution >= 4 is 17.7 Å². The van der Waals surface area contributed by atoms with Gasteiger partial charge in [0.05, 0.1) is 12.5 Å². The zero-order valence-corrected chi connectivity index (χ0v) is 16.1. The molecule has 3 rings (SSSR count). The number of piperidine rings is 1. The van der Waals surface area contributed by atoms with Crippen LogP contribution in [0.3, 0.4) is 0 Å². The topological polar surface area (TPSA) is 67.9 Å². The van der Waals surface area contributed by atoms with Crippen molar-refractivity contribution in [1.29, 1.82) is 0 Å². The maximum absolute atomic E-state index is 12.5. The van der Waals surface area contributed by atoms with Crippen molar-refractivity contribution in [3.8, 4) is 5.75 Å². The molecule has 1 heterocycles. The Labute approximate surface area is 165 Å². The second-order valence-corrected chi connectivity index (χ2v) is 6.73. The number of amides is 2. The normalized spacial score (nSPS) is 16.3. The van der Waals surface area contributed by atoms with Gasteiger partial charge in [0.15, 0.2) is 0 Å². The molecule has 1 atom stereocenters. The number of likely N-dealkylation sites (tertiary alicyclic amines) is 1. The number of ether oxygens (including phenoxy) is 2. The molecule has 2 aromatic carbocycles. The van der Waals surface area contributed by atoms with E-state index in [1.807, 2.05) is 61.5 Å². The number of hydrogen-bond acceptors (Lipinski definition) is 4. The van der Waals surface area contributed by atoms with Gasteiger partial charge in [0.25, 0.3) is 0 Å². The number of carbonyl (C=O) groups excluding carboxylic acids is 2. The lowest BCUT2D eigenvalue weighted by Crippen LogP contribution is -2.44. The molecule has 0 saturated carbocycles. The molecule has 0 aromatic heterocycles. The van der Waals surface area contributed by atoms with E-state index in [1.165, 1.54) is 0 Å². The van der Waals surface area contributed by atoms with Crippen LogP contribution in [0.25, 0.3) is 0 Å². The predicted molar refractivity (Wildman–Crippen MR) is 107 cm³/mol. The molecule has 6 heteroatoms. The van der Waals surface area contributed by atoms with E-state index >= 15 is 0 Å². The molecule has 1 aliphatic heterocycles. The highest BCUT2D eigenvalue weighted by Crippen LogP contribution is 2.22. The molecule has 0 spiro atoms. The van der Waals surface area contributed by atoms with E-state index < -0.39 is 0 Å². The lowest BCUT2D eigenvalue weighted by Gasteiger charge is -2.31. The number of rotatable bonds is 6. The number of anilines is 1. The zero-order valence-electron chi connectivity index (χ0n) is 16.1. The van der Waals surface area contributed by atoms with Crippen LogP contribution in [0.15, 0.2) is 54.6 Å². The van der Waals surface area contributed by atoms with Crippen LogP contribution in [0.4, 0.5) is 10.5 Å². The Morgan fingerprint density at radius 1 is 1.11 bits per heavy atom. The second-order valence-electron chi connectivity index (χ2n) is 6.73. The number of nitrogens with one attached hydrogen (secondary N) is 1. The maximum atomic E-state index is 12.5. The lowest BCUT2D eigenvalue weighted by atomic mass is 9.98. The van der Waals surface area contributed by atoms with Crippen molar-refractivity contribution in [3.05, 3.63) is 60.2 Å². The van der Waals surface area contributed by atoms with Crippen LogP contribution in [0.1, 0.15) is 25.3 Å². The number of para-hydroxylation sites is 2. The number of nitrogens with zero attached hydrogens (tertiary/aromatic N) is 1. The molecule has 0 aliphatic carbocycles. The molecular weight excluding hydrogens is 356 g/mol. The molecule has 1 unspecified atom stereocenters. The van der Waals surface area contributed by atoms with Gasteiger partial charge in [-0.1, -0.05) is 36.4 Å². The van der Waals surface area contributed by atoms with E-state index in [1.54, 1.807) is 4.90 Å². The summed E-state index contributed by atoms with van der Waals surface area (Å²) in [7, 11) is 0. The fraction of sp³-hybridized carbons (Fsp3) is 0.364. The van der Waals surface area contributed by atoms with Crippen molar-refractivity contribution < 1.29 is 19.1 Å². The number of benzene rings is 2. The van der Waals surface area contributed by atoms with Gasteiger partial charge in [-0.05, 0) is 38.0 Å². The molecule has 1 fully saturated rings. The molecule has 2 amide bonds. The summed E-state index contributed by atoms with van der Waals surface area (Å²) in [6.45, 7) is 3.64. The Balaban J connectivity index is 1.53. The van der Waals surface area contributed by atoms with E-state index in [2.05, 4.69) is 5.32 Å². The third kappa shape index (κ3) is 5.25. The summed E-state index contributed by atoms with van der Waals surface area (Å²) in [5, 5.41) is 2.87. The van der Waals surface area contributed by atoms with Crippen molar-refractivity contribution in [2.75, 3.05) is 25.0 Å². The van der Waals surface area contributed by atoms with Crippen LogP contribution in [-0.2, 0) is 16.1 Å². The third-order valence-corrected chi connectivity index (χ3v) is 4.71. The molecule has 28 heavy (non-hydrogen) atoms. The molecule has 6 nitrogen and oxygen atoms in total. The molecule has 0 radical (unpaired) electrons.